The number of methoxy groups -OCH3 is 2. The van der Waals surface area contributed by atoms with Gasteiger partial charge in [0.25, 0.3) is 0 Å². The van der Waals surface area contributed by atoms with E-state index < -0.39 is 0 Å². The van der Waals surface area contributed by atoms with E-state index in [9.17, 15) is 4.39 Å². The molecule has 0 fully saturated rings. The predicted octanol–water partition coefficient (Wildman–Crippen LogP) is 5.85. The van der Waals surface area contributed by atoms with Crippen LogP contribution in [-0.4, -0.2) is 19.9 Å². The summed E-state index contributed by atoms with van der Waals surface area (Å²) < 4.78 is 25.4. The molecule has 0 unspecified atom stereocenters. The minimum Gasteiger partial charge on any atom is -0.493 e. The number of anilines is 1. The van der Waals surface area contributed by atoms with E-state index in [2.05, 4.69) is 0 Å². The highest BCUT2D eigenvalue weighted by Gasteiger charge is 2.32. The van der Waals surface area contributed by atoms with E-state index in [0.717, 1.165) is 16.8 Å². The summed E-state index contributed by atoms with van der Waals surface area (Å²) in [6.45, 7) is 0. The standard InChI is InChI=1S/C23H20ClFN2O2/c1-28-22-12-9-16(13-23(22)29-2)21-14-19(15-7-10-17(24)11-8-15)26-27(21)20-6-4-3-5-18(20)25/h3-13,21H,14H2,1-2H3/t21-/m0/s1. The first-order valence-corrected chi connectivity index (χ1v) is 9.57. The minimum atomic E-state index is -0.320. The van der Waals surface area contributed by atoms with Crippen LogP contribution in [-0.2, 0) is 0 Å². The highest BCUT2D eigenvalue weighted by molar-refractivity contribution is 6.30. The van der Waals surface area contributed by atoms with Gasteiger partial charge < -0.3 is 9.47 Å². The fourth-order valence-electron chi connectivity index (χ4n) is 3.51. The van der Waals surface area contributed by atoms with Crippen LogP contribution in [0.15, 0.2) is 71.8 Å². The van der Waals surface area contributed by atoms with E-state index in [-0.39, 0.29) is 11.9 Å². The van der Waals surface area contributed by atoms with E-state index in [1.165, 1.54) is 6.07 Å². The van der Waals surface area contributed by atoms with Crippen molar-refractivity contribution in [2.75, 3.05) is 19.2 Å². The quantitative estimate of drug-likeness (QED) is 0.529. The molecule has 0 spiro atoms. The van der Waals surface area contributed by atoms with Crippen molar-refractivity contribution in [2.45, 2.75) is 12.5 Å². The summed E-state index contributed by atoms with van der Waals surface area (Å²) >= 11 is 6.02. The maximum atomic E-state index is 14.6. The van der Waals surface area contributed by atoms with E-state index >= 15 is 0 Å². The van der Waals surface area contributed by atoms with E-state index in [1.54, 1.807) is 37.4 Å². The molecule has 4 nitrogen and oxygen atoms in total. The fraction of sp³-hybridized carbons (Fsp3) is 0.174. The summed E-state index contributed by atoms with van der Waals surface area (Å²) in [6, 6.07) is 19.7. The lowest BCUT2D eigenvalue weighted by molar-refractivity contribution is 0.354. The van der Waals surface area contributed by atoms with Crippen molar-refractivity contribution in [3.05, 3.63) is 88.7 Å². The van der Waals surface area contributed by atoms with Crippen LogP contribution in [0.5, 0.6) is 11.5 Å². The van der Waals surface area contributed by atoms with Gasteiger partial charge in [-0.05, 0) is 47.5 Å². The molecule has 0 aromatic heterocycles. The molecule has 0 saturated carbocycles. The number of hydrogen-bond acceptors (Lipinski definition) is 4. The Hall–Kier alpha value is -3.05. The third-order valence-corrected chi connectivity index (χ3v) is 5.23. The molecule has 0 amide bonds. The molecule has 0 bridgehead atoms. The summed E-state index contributed by atoms with van der Waals surface area (Å²) in [5.41, 5.74) is 3.21. The second-order valence-electron chi connectivity index (χ2n) is 6.68. The molecule has 3 aromatic carbocycles. The van der Waals surface area contributed by atoms with E-state index in [0.29, 0.717) is 28.6 Å². The monoisotopic (exact) mass is 410 g/mol. The number of nitrogens with zero attached hydrogens (tertiary/aromatic N) is 2. The zero-order valence-electron chi connectivity index (χ0n) is 16.1. The first-order chi connectivity index (χ1) is 14.1. The summed E-state index contributed by atoms with van der Waals surface area (Å²) in [4.78, 5) is 0. The van der Waals surface area contributed by atoms with E-state index in [4.69, 9.17) is 26.2 Å². The average molecular weight is 411 g/mol. The lowest BCUT2D eigenvalue weighted by atomic mass is 9.97. The van der Waals surface area contributed by atoms with Crippen molar-refractivity contribution in [1.29, 1.82) is 0 Å². The predicted molar refractivity (Wildman–Crippen MR) is 114 cm³/mol. The molecule has 3 aromatic rings. The second kappa shape index (κ2) is 8.13. The molecule has 0 radical (unpaired) electrons. The van der Waals surface area contributed by atoms with Gasteiger partial charge in [-0.2, -0.15) is 5.10 Å². The van der Waals surface area contributed by atoms with Crippen molar-refractivity contribution in [3.8, 4) is 11.5 Å². The fourth-order valence-corrected chi connectivity index (χ4v) is 3.63. The number of halogens is 2. The lowest BCUT2D eigenvalue weighted by Gasteiger charge is -2.25. The van der Waals surface area contributed by atoms with Gasteiger partial charge in [0.2, 0.25) is 0 Å². The number of benzene rings is 3. The molecule has 0 aliphatic carbocycles. The van der Waals surface area contributed by atoms with E-state index in [1.807, 2.05) is 42.5 Å². The minimum absolute atomic E-state index is 0.183. The number of rotatable bonds is 5. The van der Waals surface area contributed by atoms with Gasteiger partial charge in [-0.3, -0.25) is 5.01 Å². The summed E-state index contributed by atoms with van der Waals surface area (Å²) in [7, 11) is 3.20. The van der Waals surface area contributed by atoms with Crippen LogP contribution in [0.4, 0.5) is 10.1 Å². The van der Waals surface area contributed by atoms with Gasteiger partial charge in [-0.15, -0.1) is 0 Å². The van der Waals surface area contributed by atoms with Crippen LogP contribution in [0.1, 0.15) is 23.6 Å². The van der Waals surface area contributed by atoms with Crippen LogP contribution >= 0.6 is 11.6 Å². The molecule has 0 N–H and O–H groups in total. The normalized spacial score (nSPS) is 15.9. The van der Waals surface area contributed by atoms with Gasteiger partial charge in [-0.25, -0.2) is 4.39 Å². The molecule has 1 heterocycles. The van der Waals surface area contributed by atoms with Crippen LogP contribution in [0.2, 0.25) is 5.02 Å². The summed E-state index contributed by atoms with van der Waals surface area (Å²) in [6.07, 6.45) is 0.617. The van der Waals surface area contributed by atoms with Gasteiger partial charge >= 0.3 is 0 Å². The largest absolute Gasteiger partial charge is 0.493 e. The lowest BCUT2D eigenvalue weighted by Crippen LogP contribution is -2.19. The van der Waals surface area contributed by atoms with Gasteiger partial charge in [-0.1, -0.05) is 41.9 Å². The molecule has 4 rings (SSSR count). The van der Waals surface area contributed by atoms with Crippen LogP contribution in [0, 0.1) is 5.82 Å². The Morgan fingerprint density at radius 1 is 0.966 bits per heavy atom. The van der Waals surface area contributed by atoms with Crippen LogP contribution in [0.3, 0.4) is 0 Å². The molecular weight excluding hydrogens is 391 g/mol. The molecule has 29 heavy (non-hydrogen) atoms. The van der Waals surface area contributed by atoms with Crippen LogP contribution < -0.4 is 14.5 Å². The SMILES string of the molecule is COc1ccc([C@@H]2CC(c3ccc(Cl)cc3)=NN2c2ccccc2F)cc1OC. The Morgan fingerprint density at radius 2 is 1.69 bits per heavy atom. The highest BCUT2D eigenvalue weighted by Crippen LogP contribution is 2.40. The summed E-state index contributed by atoms with van der Waals surface area (Å²) in [5, 5.41) is 7.17. The Bertz CT molecular complexity index is 1050. The summed E-state index contributed by atoms with van der Waals surface area (Å²) in [5.74, 6) is 0.947. The smallest absolute Gasteiger partial charge is 0.161 e. The van der Waals surface area contributed by atoms with Crippen molar-refractivity contribution in [1.82, 2.24) is 0 Å². The molecular formula is C23H20ClFN2O2. The third kappa shape index (κ3) is 3.78. The molecule has 6 heteroatoms. The first kappa shape index (κ1) is 19.3. The molecule has 1 atom stereocenters. The number of hydrogen-bond donors (Lipinski definition) is 0. The van der Waals surface area contributed by atoms with Gasteiger partial charge in [0.1, 0.15) is 5.82 Å². The van der Waals surface area contributed by atoms with Crippen molar-refractivity contribution >= 4 is 23.0 Å². The first-order valence-electron chi connectivity index (χ1n) is 9.20. The van der Waals surface area contributed by atoms with Crippen molar-refractivity contribution < 1.29 is 13.9 Å². The Labute approximate surface area is 174 Å². The second-order valence-corrected chi connectivity index (χ2v) is 7.12. The Balaban J connectivity index is 1.78. The van der Waals surface area contributed by atoms with Gasteiger partial charge in [0.15, 0.2) is 11.5 Å². The third-order valence-electron chi connectivity index (χ3n) is 4.98. The molecule has 0 saturated heterocycles. The van der Waals surface area contributed by atoms with Gasteiger partial charge in [0.05, 0.1) is 31.7 Å². The zero-order chi connectivity index (χ0) is 20.4. The topological polar surface area (TPSA) is 34.1 Å². The Morgan fingerprint density at radius 3 is 2.38 bits per heavy atom. The maximum absolute atomic E-state index is 14.6. The van der Waals surface area contributed by atoms with Crippen molar-refractivity contribution in [2.24, 2.45) is 5.10 Å². The average Bonchev–Trinajstić information content (AvgIpc) is 3.19. The highest BCUT2D eigenvalue weighted by atomic mass is 35.5. The Kier molecular flexibility index (Phi) is 5.41. The molecule has 148 valence electrons. The molecule has 1 aliphatic rings. The zero-order valence-corrected chi connectivity index (χ0v) is 16.9. The van der Waals surface area contributed by atoms with Crippen LogP contribution in [0.25, 0.3) is 0 Å². The number of para-hydroxylation sites is 1. The number of ether oxygens (including phenoxy) is 2. The van der Waals surface area contributed by atoms with Crippen molar-refractivity contribution in [3.63, 3.8) is 0 Å². The molecule has 1 aliphatic heterocycles. The van der Waals surface area contributed by atoms with Gasteiger partial charge in [0, 0.05) is 11.4 Å². The maximum Gasteiger partial charge on any atom is 0.161 e. The number of hydrazone groups is 1.